The van der Waals surface area contributed by atoms with Gasteiger partial charge in [-0.25, -0.2) is 4.79 Å². The van der Waals surface area contributed by atoms with Gasteiger partial charge in [0.05, 0.1) is 12.1 Å². The summed E-state index contributed by atoms with van der Waals surface area (Å²) < 4.78 is 16.7. The molecular weight excluding hydrogens is 262 g/mol. The predicted octanol–water partition coefficient (Wildman–Crippen LogP) is 1.41. The van der Waals surface area contributed by atoms with E-state index in [0.717, 1.165) is 0 Å². The van der Waals surface area contributed by atoms with Gasteiger partial charge >= 0.3 is 6.09 Å². The first-order chi connectivity index (χ1) is 9.00. The number of carbonyl (C=O) groups excluding carboxylic acids is 1. The van der Waals surface area contributed by atoms with E-state index in [-0.39, 0.29) is 12.0 Å². The van der Waals surface area contributed by atoms with Crippen molar-refractivity contribution >= 4 is 6.09 Å². The fraction of sp³-hybridized carbons (Fsp3) is 0.929. The lowest BCUT2D eigenvalue weighted by molar-refractivity contribution is -0.169. The van der Waals surface area contributed by atoms with Crippen molar-refractivity contribution in [1.29, 1.82) is 0 Å². The van der Waals surface area contributed by atoms with Gasteiger partial charge in [-0.3, -0.25) is 0 Å². The fourth-order valence-electron chi connectivity index (χ4n) is 2.87. The van der Waals surface area contributed by atoms with Gasteiger partial charge in [-0.2, -0.15) is 0 Å². The second-order valence-corrected chi connectivity index (χ2v) is 7.09. The number of aliphatic hydroxyl groups excluding tert-OH is 1. The van der Waals surface area contributed by atoms with Gasteiger partial charge in [0, 0.05) is 5.92 Å². The van der Waals surface area contributed by atoms with Crippen LogP contribution in [0.4, 0.5) is 4.79 Å². The van der Waals surface area contributed by atoms with E-state index in [1.54, 1.807) is 20.8 Å². The maximum atomic E-state index is 11.8. The number of nitrogens with one attached hydrogen (secondary N) is 1. The molecule has 0 aromatic heterocycles. The number of amides is 1. The monoisotopic (exact) mass is 287 g/mol. The number of rotatable bonds is 1. The van der Waals surface area contributed by atoms with Crippen molar-refractivity contribution in [3.63, 3.8) is 0 Å². The molecule has 1 heterocycles. The van der Waals surface area contributed by atoms with E-state index in [2.05, 4.69) is 5.32 Å². The van der Waals surface area contributed by atoms with Crippen LogP contribution in [-0.4, -0.2) is 46.9 Å². The average molecular weight is 287 g/mol. The number of hydrogen-bond acceptors (Lipinski definition) is 5. The van der Waals surface area contributed by atoms with E-state index in [4.69, 9.17) is 14.2 Å². The van der Waals surface area contributed by atoms with Crippen molar-refractivity contribution in [2.24, 2.45) is 5.92 Å². The van der Waals surface area contributed by atoms with Crippen LogP contribution in [0, 0.1) is 5.92 Å². The predicted molar refractivity (Wildman–Crippen MR) is 72.2 cm³/mol. The Morgan fingerprint density at radius 1 is 1.25 bits per heavy atom. The molecule has 116 valence electrons. The van der Waals surface area contributed by atoms with Crippen LogP contribution in [0.15, 0.2) is 0 Å². The summed E-state index contributed by atoms with van der Waals surface area (Å²) in [4.78, 5) is 11.8. The van der Waals surface area contributed by atoms with Crippen LogP contribution >= 0.6 is 0 Å². The van der Waals surface area contributed by atoms with E-state index >= 15 is 0 Å². The highest BCUT2D eigenvalue weighted by Crippen LogP contribution is 2.41. The Morgan fingerprint density at radius 2 is 1.80 bits per heavy atom. The van der Waals surface area contributed by atoms with Gasteiger partial charge in [0.25, 0.3) is 0 Å². The first kappa shape index (κ1) is 15.5. The van der Waals surface area contributed by atoms with E-state index in [1.807, 2.05) is 20.8 Å². The second-order valence-electron chi connectivity index (χ2n) is 7.09. The zero-order chi connectivity index (χ0) is 15.3. The summed E-state index contributed by atoms with van der Waals surface area (Å²) in [6, 6.07) is -0.434. The van der Waals surface area contributed by atoms with Gasteiger partial charge in [-0.05, 0) is 34.6 Å². The second kappa shape index (κ2) is 4.86. The Hall–Kier alpha value is -0.850. The molecule has 2 rings (SSSR count). The zero-order valence-electron chi connectivity index (χ0n) is 13.0. The Labute approximate surface area is 119 Å². The first-order valence-electron chi connectivity index (χ1n) is 7.03. The van der Waals surface area contributed by atoms with Crippen LogP contribution in [0.2, 0.25) is 0 Å². The molecular formula is C14H25NO5. The van der Waals surface area contributed by atoms with Crippen molar-refractivity contribution in [3.8, 4) is 0 Å². The molecule has 0 spiro atoms. The van der Waals surface area contributed by atoms with Crippen molar-refractivity contribution in [2.75, 3.05) is 0 Å². The van der Waals surface area contributed by atoms with Crippen LogP contribution < -0.4 is 5.32 Å². The summed E-state index contributed by atoms with van der Waals surface area (Å²) in [5, 5.41) is 13.1. The standard InChI is InChI=1S/C14H25NO5/c1-7-8(15-12(17)20-13(2,3)4)9(16)11-10(7)18-14(5,6)19-11/h7-11,16H,1-6H3,(H,15,17)/t7-,8-,9-,10-,11+/m1/s1. The van der Waals surface area contributed by atoms with Crippen LogP contribution in [0.25, 0.3) is 0 Å². The summed E-state index contributed by atoms with van der Waals surface area (Å²) in [5.41, 5.74) is -0.568. The Bertz CT molecular complexity index is 370. The number of aliphatic hydroxyl groups is 1. The van der Waals surface area contributed by atoms with Crippen LogP contribution in [-0.2, 0) is 14.2 Å². The maximum absolute atomic E-state index is 11.8. The molecule has 5 atom stereocenters. The summed E-state index contributed by atoms with van der Waals surface area (Å²) >= 11 is 0. The Kier molecular flexibility index (Phi) is 3.77. The number of hydrogen-bond donors (Lipinski definition) is 2. The summed E-state index contributed by atoms with van der Waals surface area (Å²) in [6.45, 7) is 11.0. The molecule has 1 aliphatic carbocycles. The quantitative estimate of drug-likeness (QED) is 0.762. The molecule has 2 N–H and O–H groups in total. The van der Waals surface area contributed by atoms with Crippen molar-refractivity contribution in [2.45, 2.75) is 77.3 Å². The molecule has 1 saturated carbocycles. The van der Waals surface area contributed by atoms with E-state index in [0.29, 0.717) is 0 Å². The van der Waals surface area contributed by atoms with E-state index < -0.39 is 35.7 Å². The number of carbonyl (C=O) groups is 1. The topological polar surface area (TPSA) is 77.0 Å². The molecule has 1 aliphatic heterocycles. The number of alkyl carbamates (subject to hydrolysis) is 1. The minimum atomic E-state index is -0.802. The average Bonchev–Trinajstić information content (AvgIpc) is 2.66. The number of ether oxygens (including phenoxy) is 3. The zero-order valence-corrected chi connectivity index (χ0v) is 13.0. The van der Waals surface area contributed by atoms with Crippen molar-refractivity contribution in [3.05, 3.63) is 0 Å². The largest absolute Gasteiger partial charge is 0.444 e. The Morgan fingerprint density at radius 3 is 2.30 bits per heavy atom. The van der Waals surface area contributed by atoms with Gasteiger partial charge in [-0.15, -0.1) is 0 Å². The maximum Gasteiger partial charge on any atom is 0.407 e. The SMILES string of the molecule is C[C@@H]1[C@@H](NC(=O)OC(C)(C)C)[C@@H](O)[C@@H]2OC(C)(C)O[C@H]12. The minimum Gasteiger partial charge on any atom is -0.444 e. The van der Waals surface area contributed by atoms with Crippen molar-refractivity contribution in [1.82, 2.24) is 5.32 Å². The number of fused-ring (bicyclic) bond motifs is 1. The van der Waals surface area contributed by atoms with Gasteiger partial charge in [0.1, 0.15) is 17.8 Å². The van der Waals surface area contributed by atoms with Crippen LogP contribution in [0.5, 0.6) is 0 Å². The molecule has 20 heavy (non-hydrogen) atoms. The molecule has 0 bridgehead atoms. The molecule has 2 fully saturated rings. The lowest BCUT2D eigenvalue weighted by Gasteiger charge is -2.28. The van der Waals surface area contributed by atoms with Gasteiger partial charge in [0.2, 0.25) is 0 Å². The van der Waals surface area contributed by atoms with Crippen LogP contribution in [0.1, 0.15) is 41.5 Å². The smallest absolute Gasteiger partial charge is 0.407 e. The fourth-order valence-corrected chi connectivity index (χ4v) is 2.87. The summed E-state index contributed by atoms with van der Waals surface area (Å²) in [5.74, 6) is -0.745. The minimum absolute atomic E-state index is 0.0516. The third-order valence-electron chi connectivity index (χ3n) is 3.64. The molecule has 0 aromatic rings. The molecule has 1 amide bonds. The molecule has 0 unspecified atom stereocenters. The van der Waals surface area contributed by atoms with E-state index in [1.165, 1.54) is 0 Å². The summed E-state index contributed by atoms with van der Waals surface area (Å²) in [7, 11) is 0. The molecule has 6 nitrogen and oxygen atoms in total. The molecule has 0 radical (unpaired) electrons. The van der Waals surface area contributed by atoms with E-state index in [9.17, 15) is 9.90 Å². The summed E-state index contributed by atoms with van der Waals surface area (Å²) in [6.07, 6.45) is -1.98. The molecule has 1 saturated heterocycles. The first-order valence-corrected chi connectivity index (χ1v) is 7.03. The normalized spacial score (nSPS) is 39.5. The van der Waals surface area contributed by atoms with Gasteiger partial charge in [0.15, 0.2) is 5.79 Å². The third-order valence-corrected chi connectivity index (χ3v) is 3.64. The van der Waals surface area contributed by atoms with Crippen LogP contribution in [0.3, 0.4) is 0 Å². The van der Waals surface area contributed by atoms with Gasteiger partial charge in [-0.1, -0.05) is 6.92 Å². The lowest BCUT2D eigenvalue weighted by Crippen LogP contribution is -2.48. The van der Waals surface area contributed by atoms with Crippen molar-refractivity contribution < 1.29 is 24.1 Å². The molecule has 0 aromatic carbocycles. The lowest BCUT2D eigenvalue weighted by atomic mass is 10.0. The molecule has 2 aliphatic rings. The highest BCUT2D eigenvalue weighted by atomic mass is 16.8. The van der Waals surface area contributed by atoms with Gasteiger partial charge < -0.3 is 24.6 Å². The highest BCUT2D eigenvalue weighted by molar-refractivity contribution is 5.68. The molecule has 6 heteroatoms. The third kappa shape index (κ3) is 3.07. The Balaban J connectivity index is 2.00. The highest BCUT2D eigenvalue weighted by Gasteiger charge is 2.57.